The van der Waals surface area contributed by atoms with Crippen LogP contribution in [0, 0.1) is 0 Å². The first-order chi connectivity index (χ1) is 14.6. The number of likely N-dealkylation sites (tertiary alicyclic amines) is 1. The fourth-order valence-corrected chi connectivity index (χ4v) is 4.92. The molecule has 1 aliphatic rings. The van der Waals surface area contributed by atoms with Crippen LogP contribution in [-0.2, 0) is 21.4 Å². The first-order valence-electron chi connectivity index (χ1n) is 10.6. The number of aliphatic hydroxyl groups is 1. The van der Waals surface area contributed by atoms with Gasteiger partial charge in [0.15, 0.2) is 5.60 Å². The van der Waals surface area contributed by atoms with Gasteiger partial charge in [0.25, 0.3) is 5.91 Å². The number of benzene rings is 2. The van der Waals surface area contributed by atoms with Crippen molar-refractivity contribution in [3.05, 3.63) is 70.2 Å². The van der Waals surface area contributed by atoms with Crippen molar-refractivity contribution < 1.29 is 14.1 Å². The van der Waals surface area contributed by atoms with Crippen molar-refractivity contribution in [1.82, 2.24) is 9.62 Å². The summed E-state index contributed by atoms with van der Waals surface area (Å²) >= 11 is 3.45. The molecule has 7 heteroatoms. The van der Waals surface area contributed by atoms with Gasteiger partial charge in [0, 0.05) is 17.6 Å². The Balaban J connectivity index is 2.15. The Morgan fingerprint density at radius 2 is 1.61 bits per heavy atom. The smallest absolute Gasteiger partial charge is 0.261 e. The highest BCUT2D eigenvalue weighted by Gasteiger charge is 2.49. The van der Waals surface area contributed by atoms with Gasteiger partial charge >= 0.3 is 0 Å². The van der Waals surface area contributed by atoms with Crippen LogP contribution in [0.15, 0.2) is 59.1 Å². The zero-order valence-electron chi connectivity index (χ0n) is 18.3. The molecule has 1 fully saturated rings. The topological polar surface area (TPSA) is 69.6 Å². The fourth-order valence-electron chi connectivity index (χ4n) is 3.78. The number of carbonyl (C=O) groups excluding carboxylic acids is 1. The maximum Gasteiger partial charge on any atom is 0.261 e. The zero-order valence-corrected chi connectivity index (χ0v) is 20.7. The Labute approximate surface area is 196 Å². The van der Waals surface area contributed by atoms with Crippen molar-refractivity contribution >= 4 is 32.8 Å². The predicted octanol–water partition coefficient (Wildman–Crippen LogP) is 4.44. The van der Waals surface area contributed by atoms with E-state index in [1.165, 1.54) is 0 Å². The van der Waals surface area contributed by atoms with Crippen molar-refractivity contribution in [1.29, 1.82) is 0 Å². The number of halogens is 1. The molecule has 0 radical (unpaired) electrons. The van der Waals surface area contributed by atoms with E-state index >= 15 is 0 Å². The molecule has 5 nitrogen and oxygen atoms in total. The number of carbonyl (C=O) groups is 1. The number of amides is 1. The van der Waals surface area contributed by atoms with E-state index < -0.39 is 27.4 Å². The predicted molar refractivity (Wildman–Crippen MR) is 129 cm³/mol. The van der Waals surface area contributed by atoms with Crippen LogP contribution in [0.25, 0.3) is 0 Å². The molecule has 0 spiro atoms. The van der Waals surface area contributed by atoms with E-state index in [-0.39, 0.29) is 5.91 Å². The standard InChI is InChI=1S/C24H31BrN2O3S/c1-23(2,3)31(30)26-21(18-12-14-20(25)15-13-18)24(29,19-10-6-4-7-11-19)22(28)27-16-8-5-9-17-27/h4,6-7,10-15,21,26,29H,5,8-9,16-17H2,1-3H3/t21-,24-,31-/m1/s1. The summed E-state index contributed by atoms with van der Waals surface area (Å²) in [6.45, 7) is 6.82. The molecule has 0 aromatic heterocycles. The number of piperidine rings is 1. The van der Waals surface area contributed by atoms with Crippen molar-refractivity contribution in [2.24, 2.45) is 0 Å². The van der Waals surface area contributed by atoms with Gasteiger partial charge in [0.2, 0.25) is 0 Å². The van der Waals surface area contributed by atoms with E-state index in [9.17, 15) is 14.1 Å². The van der Waals surface area contributed by atoms with Gasteiger partial charge in [-0.1, -0.05) is 58.4 Å². The lowest BCUT2D eigenvalue weighted by Crippen LogP contribution is -2.56. The Kier molecular flexibility index (Phi) is 7.73. The third-order valence-electron chi connectivity index (χ3n) is 5.59. The van der Waals surface area contributed by atoms with E-state index in [4.69, 9.17) is 0 Å². The zero-order chi connectivity index (χ0) is 22.6. The van der Waals surface area contributed by atoms with E-state index in [0.29, 0.717) is 24.2 Å². The quantitative estimate of drug-likeness (QED) is 0.608. The molecule has 2 N–H and O–H groups in total. The van der Waals surface area contributed by atoms with Crippen molar-refractivity contribution in [3.63, 3.8) is 0 Å². The van der Waals surface area contributed by atoms with Crippen LogP contribution < -0.4 is 4.72 Å². The molecule has 2 aromatic carbocycles. The molecule has 168 valence electrons. The molecule has 31 heavy (non-hydrogen) atoms. The fraction of sp³-hybridized carbons (Fsp3) is 0.458. The summed E-state index contributed by atoms with van der Waals surface area (Å²) in [4.78, 5) is 15.6. The highest BCUT2D eigenvalue weighted by Crippen LogP contribution is 2.39. The van der Waals surface area contributed by atoms with Crippen LogP contribution in [0.4, 0.5) is 0 Å². The summed E-state index contributed by atoms with van der Waals surface area (Å²) in [5, 5.41) is 12.2. The molecule has 1 aliphatic heterocycles. The molecule has 0 saturated carbocycles. The summed E-state index contributed by atoms with van der Waals surface area (Å²) in [6.07, 6.45) is 2.91. The van der Waals surface area contributed by atoms with Crippen molar-refractivity contribution in [2.45, 2.75) is 56.4 Å². The summed E-state index contributed by atoms with van der Waals surface area (Å²) in [5.41, 5.74) is -0.734. The molecule has 0 aliphatic carbocycles. The summed E-state index contributed by atoms with van der Waals surface area (Å²) in [7, 11) is -1.51. The van der Waals surface area contributed by atoms with Gasteiger partial charge in [-0.25, -0.2) is 8.93 Å². The van der Waals surface area contributed by atoms with Crippen LogP contribution in [0.2, 0.25) is 0 Å². The van der Waals surface area contributed by atoms with Gasteiger partial charge in [-0.2, -0.15) is 0 Å². The second-order valence-electron chi connectivity index (χ2n) is 8.97. The monoisotopic (exact) mass is 506 g/mol. The first-order valence-corrected chi connectivity index (χ1v) is 12.6. The van der Waals surface area contributed by atoms with E-state index in [0.717, 1.165) is 23.7 Å². The largest absolute Gasteiger partial charge is 0.374 e. The van der Waals surface area contributed by atoms with Crippen LogP contribution >= 0.6 is 15.9 Å². The van der Waals surface area contributed by atoms with Gasteiger partial charge in [0.05, 0.1) is 21.8 Å². The molecule has 1 heterocycles. The normalized spacial score (nSPS) is 18.8. The maximum atomic E-state index is 13.9. The molecule has 3 atom stereocenters. The van der Waals surface area contributed by atoms with Crippen LogP contribution in [0.5, 0.6) is 0 Å². The third kappa shape index (κ3) is 5.45. The lowest BCUT2D eigenvalue weighted by atomic mass is 9.81. The van der Waals surface area contributed by atoms with E-state index in [1.54, 1.807) is 17.0 Å². The molecule has 0 bridgehead atoms. The molecule has 1 amide bonds. The average molecular weight is 507 g/mol. The maximum absolute atomic E-state index is 13.9. The minimum atomic E-state index is -1.91. The first kappa shape index (κ1) is 24.1. The summed E-state index contributed by atoms with van der Waals surface area (Å²) < 4.78 is 16.6. The molecule has 1 saturated heterocycles. The van der Waals surface area contributed by atoms with Crippen LogP contribution in [-0.4, -0.2) is 38.0 Å². The lowest BCUT2D eigenvalue weighted by molar-refractivity contribution is -0.157. The SMILES string of the molecule is CC(C)(C)[S@@](=O)N[C@H](c1ccc(Br)cc1)[C@@](O)(C(=O)N1CCCCC1)c1ccccc1. The molecular formula is C24H31BrN2O3S. The highest BCUT2D eigenvalue weighted by atomic mass is 79.9. The van der Waals surface area contributed by atoms with Gasteiger partial charge < -0.3 is 10.0 Å². The number of hydrogen-bond acceptors (Lipinski definition) is 3. The number of nitrogens with one attached hydrogen (secondary N) is 1. The Bertz CT molecular complexity index is 909. The van der Waals surface area contributed by atoms with Gasteiger partial charge in [-0.15, -0.1) is 0 Å². The number of nitrogens with zero attached hydrogens (tertiary/aromatic N) is 1. The van der Waals surface area contributed by atoms with Crippen LogP contribution in [0.1, 0.15) is 57.2 Å². The second kappa shape index (κ2) is 9.94. The molecule has 0 unspecified atom stereocenters. The molecule has 3 rings (SSSR count). The van der Waals surface area contributed by atoms with Gasteiger partial charge in [0.1, 0.15) is 0 Å². The molecule has 2 aromatic rings. The third-order valence-corrected chi connectivity index (χ3v) is 7.68. The summed E-state index contributed by atoms with van der Waals surface area (Å²) in [6, 6.07) is 15.5. The Morgan fingerprint density at radius 3 is 2.16 bits per heavy atom. The number of rotatable bonds is 6. The van der Waals surface area contributed by atoms with E-state index in [2.05, 4.69) is 20.7 Å². The van der Waals surface area contributed by atoms with Crippen molar-refractivity contribution in [3.8, 4) is 0 Å². The molecular weight excluding hydrogens is 476 g/mol. The Hall–Kier alpha value is -1.54. The minimum absolute atomic E-state index is 0.357. The second-order valence-corrected chi connectivity index (χ2v) is 11.9. The van der Waals surface area contributed by atoms with Crippen LogP contribution in [0.3, 0.4) is 0 Å². The highest BCUT2D eigenvalue weighted by molar-refractivity contribution is 9.10. The lowest BCUT2D eigenvalue weighted by Gasteiger charge is -2.41. The number of hydrogen-bond donors (Lipinski definition) is 2. The van der Waals surface area contributed by atoms with Gasteiger partial charge in [-0.05, 0) is 63.3 Å². The average Bonchev–Trinajstić information content (AvgIpc) is 2.77. The van der Waals surface area contributed by atoms with Gasteiger partial charge in [-0.3, -0.25) is 4.79 Å². The van der Waals surface area contributed by atoms with E-state index in [1.807, 2.05) is 63.2 Å². The summed E-state index contributed by atoms with van der Waals surface area (Å²) in [5.74, 6) is -0.357. The Morgan fingerprint density at radius 1 is 1.03 bits per heavy atom. The van der Waals surface area contributed by atoms with Crippen molar-refractivity contribution in [2.75, 3.05) is 13.1 Å². The minimum Gasteiger partial charge on any atom is -0.374 e.